The molecule has 0 radical (unpaired) electrons. The van der Waals surface area contributed by atoms with Gasteiger partial charge in [-0.25, -0.2) is 8.78 Å². The van der Waals surface area contributed by atoms with Crippen LogP contribution in [0.1, 0.15) is 13.8 Å². The zero-order valence-electron chi connectivity index (χ0n) is 7.54. The zero-order valence-corrected chi connectivity index (χ0v) is 7.54. The molecule has 0 aromatic rings. The molecule has 14 heavy (non-hydrogen) atoms. The second-order valence-electron chi connectivity index (χ2n) is 3.07. The molecule has 0 aromatic carbocycles. The molecule has 0 aromatic heterocycles. The molecule has 0 aliphatic carbocycles. The van der Waals surface area contributed by atoms with Gasteiger partial charge in [0.15, 0.2) is 0 Å². The van der Waals surface area contributed by atoms with E-state index in [1.165, 1.54) is 0 Å². The second-order valence-corrected chi connectivity index (χ2v) is 3.07. The van der Waals surface area contributed by atoms with Gasteiger partial charge in [-0.2, -0.15) is 17.6 Å². The van der Waals surface area contributed by atoms with Crippen molar-refractivity contribution in [3.63, 3.8) is 0 Å². The van der Waals surface area contributed by atoms with E-state index in [1.807, 2.05) is 0 Å². The van der Waals surface area contributed by atoms with E-state index in [9.17, 15) is 26.3 Å². The summed E-state index contributed by atoms with van der Waals surface area (Å²) in [4.78, 5) is 0. The van der Waals surface area contributed by atoms with E-state index < -0.39 is 31.0 Å². The highest BCUT2D eigenvalue weighted by Gasteiger charge is 2.45. The van der Waals surface area contributed by atoms with Crippen molar-refractivity contribution in [3.05, 3.63) is 0 Å². The third kappa shape index (κ3) is 3.73. The normalized spacial score (nSPS) is 14.1. The summed E-state index contributed by atoms with van der Waals surface area (Å²) in [6.45, 7) is 0.0664. The quantitative estimate of drug-likeness (QED) is 0.652. The van der Waals surface area contributed by atoms with Gasteiger partial charge in [0.2, 0.25) is 0 Å². The average Bonchev–Trinajstić information content (AvgIpc) is 2.01. The van der Waals surface area contributed by atoms with Crippen LogP contribution >= 0.6 is 0 Å². The van der Waals surface area contributed by atoms with Crippen LogP contribution in [-0.2, 0) is 4.74 Å². The fraction of sp³-hybridized carbons (Fsp3) is 1.00. The maximum absolute atomic E-state index is 12.5. The smallest absolute Gasteiger partial charge is 0.314 e. The Morgan fingerprint density at radius 2 is 1.50 bits per heavy atom. The summed E-state index contributed by atoms with van der Waals surface area (Å²) in [5, 5.41) is 0. The standard InChI is InChI=1S/C7H10F6O/c1-4(2)7(12,13)14-3-6(10,11)5(8)9/h4-5H,3H2,1-2H3. The predicted molar refractivity (Wildman–Crippen MR) is 36.7 cm³/mol. The Bertz CT molecular complexity index is 159. The lowest BCUT2D eigenvalue weighted by Gasteiger charge is -2.23. The predicted octanol–water partition coefficient (Wildman–Crippen LogP) is 3.15. The maximum atomic E-state index is 12.5. The van der Waals surface area contributed by atoms with Crippen LogP contribution in [0.15, 0.2) is 0 Å². The minimum Gasteiger partial charge on any atom is -0.314 e. The fourth-order valence-electron chi connectivity index (χ4n) is 0.422. The molecule has 0 aliphatic rings. The number of halogens is 6. The van der Waals surface area contributed by atoms with Gasteiger partial charge in [0, 0.05) is 5.92 Å². The van der Waals surface area contributed by atoms with Gasteiger partial charge in [0.25, 0.3) is 0 Å². The van der Waals surface area contributed by atoms with Crippen LogP contribution in [0.4, 0.5) is 26.3 Å². The highest BCUT2D eigenvalue weighted by atomic mass is 19.3. The Morgan fingerprint density at radius 1 is 1.07 bits per heavy atom. The fourth-order valence-corrected chi connectivity index (χ4v) is 0.422. The SMILES string of the molecule is CC(C)C(F)(F)OCC(F)(F)C(F)F. The van der Waals surface area contributed by atoms with Crippen LogP contribution in [0, 0.1) is 5.92 Å². The summed E-state index contributed by atoms with van der Waals surface area (Å²) in [5.74, 6) is -5.89. The molecule has 0 heterocycles. The number of rotatable bonds is 5. The Morgan fingerprint density at radius 3 is 1.79 bits per heavy atom. The van der Waals surface area contributed by atoms with Crippen molar-refractivity contribution in [3.8, 4) is 0 Å². The Labute approximate surface area is 77.0 Å². The molecule has 0 N–H and O–H groups in total. The molecule has 0 aliphatic heterocycles. The van der Waals surface area contributed by atoms with Gasteiger partial charge >= 0.3 is 18.5 Å². The lowest BCUT2D eigenvalue weighted by Crippen LogP contribution is -2.38. The molecular formula is C7H10F6O. The highest BCUT2D eigenvalue weighted by Crippen LogP contribution is 2.30. The second kappa shape index (κ2) is 4.37. The first kappa shape index (κ1) is 13.5. The van der Waals surface area contributed by atoms with Crippen molar-refractivity contribution in [1.29, 1.82) is 0 Å². The molecule has 0 spiro atoms. The molecule has 0 saturated carbocycles. The number of ether oxygens (including phenoxy) is 1. The first-order valence-electron chi connectivity index (χ1n) is 3.77. The molecule has 0 rings (SSSR count). The van der Waals surface area contributed by atoms with Crippen LogP contribution in [0.3, 0.4) is 0 Å². The number of hydrogen-bond donors (Lipinski definition) is 0. The van der Waals surface area contributed by atoms with Crippen LogP contribution < -0.4 is 0 Å². The number of alkyl halides is 6. The van der Waals surface area contributed by atoms with Crippen molar-refractivity contribution in [2.45, 2.75) is 32.3 Å². The van der Waals surface area contributed by atoms with Gasteiger partial charge in [-0.15, -0.1) is 0 Å². The van der Waals surface area contributed by atoms with E-state index in [1.54, 1.807) is 0 Å². The van der Waals surface area contributed by atoms with Crippen LogP contribution in [0.25, 0.3) is 0 Å². The van der Waals surface area contributed by atoms with Gasteiger partial charge in [0.05, 0.1) is 0 Å². The van der Waals surface area contributed by atoms with Crippen molar-refractivity contribution >= 4 is 0 Å². The van der Waals surface area contributed by atoms with Crippen molar-refractivity contribution in [2.24, 2.45) is 5.92 Å². The third-order valence-corrected chi connectivity index (χ3v) is 1.45. The third-order valence-electron chi connectivity index (χ3n) is 1.45. The molecule has 0 bridgehead atoms. The van der Waals surface area contributed by atoms with Gasteiger partial charge in [0.1, 0.15) is 6.61 Å². The zero-order chi connectivity index (χ0) is 11.6. The highest BCUT2D eigenvalue weighted by molar-refractivity contribution is 4.70. The maximum Gasteiger partial charge on any atom is 0.358 e. The van der Waals surface area contributed by atoms with Gasteiger partial charge < -0.3 is 4.74 Å². The van der Waals surface area contributed by atoms with E-state index in [0.717, 1.165) is 13.8 Å². The monoisotopic (exact) mass is 224 g/mol. The molecule has 0 saturated heterocycles. The molecule has 0 amide bonds. The number of hydrogen-bond acceptors (Lipinski definition) is 1. The van der Waals surface area contributed by atoms with E-state index in [2.05, 4.69) is 4.74 Å². The van der Waals surface area contributed by atoms with Gasteiger partial charge in [-0.3, -0.25) is 0 Å². The van der Waals surface area contributed by atoms with Crippen LogP contribution in [-0.4, -0.2) is 25.1 Å². The summed E-state index contributed by atoms with van der Waals surface area (Å²) in [6.07, 6.45) is -7.83. The average molecular weight is 224 g/mol. The first-order valence-corrected chi connectivity index (χ1v) is 3.77. The Kier molecular flexibility index (Phi) is 4.23. The Balaban J connectivity index is 4.18. The Hall–Kier alpha value is -0.460. The van der Waals surface area contributed by atoms with E-state index >= 15 is 0 Å². The summed E-state index contributed by atoms with van der Waals surface area (Å²) in [7, 11) is 0. The van der Waals surface area contributed by atoms with Crippen LogP contribution in [0.2, 0.25) is 0 Å². The van der Waals surface area contributed by atoms with Crippen molar-refractivity contribution in [1.82, 2.24) is 0 Å². The van der Waals surface area contributed by atoms with Crippen molar-refractivity contribution < 1.29 is 31.1 Å². The molecule has 0 fully saturated rings. The lowest BCUT2D eigenvalue weighted by atomic mass is 10.2. The topological polar surface area (TPSA) is 9.23 Å². The first-order chi connectivity index (χ1) is 6.09. The molecule has 0 atom stereocenters. The lowest BCUT2D eigenvalue weighted by molar-refractivity contribution is -0.299. The van der Waals surface area contributed by atoms with E-state index in [4.69, 9.17) is 0 Å². The molecular weight excluding hydrogens is 214 g/mol. The molecule has 7 heteroatoms. The molecule has 86 valence electrons. The van der Waals surface area contributed by atoms with Crippen LogP contribution in [0.5, 0.6) is 0 Å². The summed E-state index contributed by atoms with van der Waals surface area (Å²) in [5.41, 5.74) is 0. The van der Waals surface area contributed by atoms with E-state index in [-0.39, 0.29) is 0 Å². The molecule has 1 nitrogen and oxygen atoms in total. The molecule has 0 unspecified atom stereocenters. The summed E-state index contributed by atoms with van der Waals surface area (Å²) in [6, 6.07) is 0. The van der Waals surface area contributed by atoms with Crippen molar-refractivity contribution in [2.75, 3.05) is 6.61 Å². The summed E-state index contributed by atoms with van der Waals surface area (Å²) >= 11 is 0. The minimum absolute atomic E-state index is 1.03. The largest absolute Gasteiger partial charge is 0.358 e. The van der Waals surface area contributed by atoms with Gasteiger partial charge in [-0.1, -0.05) is 13.8 Å². The van der Waals surface area contributed by atoms with Gasteiger partial charge in [-0.05, 0) is 0 Å². The summed E-state index contributed by atoms with van der Waals surface area (Å²) < 4.78 is 75.8. The van der Waals surface area contributed by atoms with E-state index in [0.29, 0.717) is 0 Å². The minimum atomic E-state index is -4.54.